The number of pyridine rings is 2. The maximum Gasteiger partial charge on any atom is 0.341 e. The minimum atomic E-state index is -1.48. The van der Waals surface area contributed by atoms with Crippen molar-refractivity contribution in [2.75, 3.05) is 18.0 Å². The molecule has 0 aliphatic carbocycles. The van der Waals surface area contributed by atoms with Crippen molar-refractivity contribution >= 4 is 22.6 Å². The van der Waals surface area contributed by atoms with Crippen LogP contribution in [0.5, 0.6) is 0 Å². The van der Waals surface area contributed by atoms with Crippen molar-refractivity contribution in [3.8, 4) is 5.69 Å². The molecule has 3 N–H and O–H groups in total. The summed E-state index contributed by atoms with van der Waals surface area (Å²) >= 11 is 0. The molecule has 0 amide bonds. The maximum absolute atomic E-state index is 14.8. The van der Waals surface area contributed by atoms with Crippen molar-refractivity contribution in [2.45, 2.75) is 12.5 Å². The molecule has 1 aliphatic rings. The molecule has 144 valence electrons. The average Bonchev–Trinajstić information content (AvgIpc) is 3.08. The number of hydrogen-bond acceptors (Lipinski definition) is 5. The summed E-state index contributed by atoms with van der Waals surface area (Å²) in [5.41, 5.74) is 4.90. The fraction of sp³-hybridized carbons (Fsp3) is 0.211. The van der Waals surface area contributed by atoms with E-state index in [9.17, 15) is 23.5 Å². The molecule has 1 fully saturated rings. The molecule has 7 nitrogen and oxygen atoms in total. The number of carboxylic acid groups (broad SMARTS) is 1. The molecule has 3 heterocycles. The predicted molar refractivity (Wildman–Crippen MR) is 99.0 cm³/mol. The molecular formula is C19H16F2N4O3. The third kappa shape index (κ3) is 2.89. The topological polar surface area (TPSA) is 101 Å². The quantitative estimate of drug-likeness (QED) is 0.713. The summed E-state index contributed by atoms with van der Waals surface area (Å²) in [7, 11) is 0. The highest BCUT2D eigenvalue weighted by molar-refractivity contribution is 5.94. The summed E-state index contributed by atoms with van der Waals surface area (Å²) in [5, 5.41) is 9.20. The minimum Gasteiger partial charge on any atom is -0.477 e. The van der Waals surface area contributed by atoms with Gasteiger partial charge in [0.1, 0.15) is 11.4 Å². The van der Waals surface area contributed by atoms with Gasteiger partial charge in [0, 0.05) is 36.9 Å². The number of carboxylic acids is 1. The van der Waals surface area contributed by atoms with Gasteiger partial charge in [-0.1, -0.05) is 0 Å². The molecule has 1 atom stereocenters. The summed E-state index contributed by atoms with van der Waals surface area (Å²) in [5.74, 6) is -2.86. The van der Waals surface area contributed by atoms with E-state index in [1.807, 2.05) is 0 Å². The van der Waals surface area contributed by atoms with Crippen molar-refractivity contribution in [3.63, 3.8) is 0 Å². The van der Waals surface area contributed by atoms with E-state index < -0.39 is 28.6 Å². The number of aromatic carboxylic acids is 1. The van der Waals surface area contributed by atoms with E-state index in [4.69, 9.17) is 5.73 Å². The second-order valence-electron chi connectivity index (χ2n) is 6.69. The lowest BCUT2D eigenvalue weighted by atomic mass is 10.1. The Balaban J connectivity index is 2.05. The van der Waals surface area contributed by atoms with Gasteiger partial charge in [0.25, 0.3) is 0 Å². The van der Waals surface area contributed by atoms with E-state index >= 15 is 0 Å². The summed E-state index contributed by atoms with van der Waals surface area (Å²) in [6.07, 6.45) is 4.06. The number of halogens is 2. The lowest BCUT2D eigenvalue weighted by Gasteiger charge is -2.21. The number of benzene rings is 1. The molecule has 0 radical (unpaired) electrons. The van der Waals surface area contributed by atoms with Crippen molar-refractivity contribution in [1.29, 1.82) is 0 Å². The van der Waals surface area contributed by atoms with Crippen LogP contribution in [-0.2, 0) is 0 Å². The first-order chi connectivity index (χ1) is 13.4. The van der Waals surface area contributed by atoms with E-state index in [2.05, 4.69) is 4.98 Å². The van der Waals surface area contributed by atoms with Gasteiger partial charge in [-0.2, -0.15) is 0 Å². The van der Waals surface area contributed by atoms with Crippen LogP contribution in [0.25, 0.3) is 16.6 Å². The van der Waals surface area contributed by atoms with Gasteiger partial charge >= 0.3 is 5.97 Å². The normalized spacial score (nSPS) is 16.7. The van der Waals surface area contributed by atoms with Gasteiger partial charge < -0.3 is 20.3 Å². The molecule has 28 heavy (non-hydrogen) atoms. The molecule has 0 bridgehead atoms. The number of anilines is 1. The first-order valence-electron chi connectivity index (χ1n) is 8.59. The third-order valence-electron chi connectivity index (χ3n) is 4.88. The van der Waals surface area contributed by atoms with Crippen LogP contribution in [0.1, 0.15) is 16.8 Å². The number of aromatic nitrogens is 2. The Morgan fingerprint density at radius 2 is 2.04 bits per heavy atom. The van der Waals surface area contributed by atoms with Gasteiger partial charge in [-0.3, -0.25) is 9.78 Å². The first kappa shape index (κ1) is 18.1. The fourth-order valence-electron chi connectivity index (χ4n) is 3.50. The van der Waals surface area contributed by atoms with E-state index in [-0.39, 0.29) is 28.3 Å². The first-order valence-corrected chi connectivity index (χ1v) is 8.59. The van der Waals surface area contributed by atoms with Gasteiger partial charge in [0.15, 0.2) is 5.82 Å². The molecular weight excluding hydrogens is 370 g/mol. The molecule has 1 unspecified atom stereocenters. The molecule has 9 heteroatoms. The monoisotopic (exact) mass is 386 g/mol. The van der Waals surface area contributed by atoms with Crippen LogP contribution in [0.3, 0.4) is 0 Å². The standard InChI is InChI=1S/C19H16F2N4O3/c20-13-5-11-16(6-17(13)24-4-2-10(22)8-24)25(9-12(18(11)26)19(27)28)15-1-3-23-7-14(15)21/h1,3,5-7,9-10H,2,4,8,22H2,(H,27,28). The maximum atomic E-state index is 14.8. The van der Waals surface area contributed by atoms with Gasteiger partial charge in [-0.15, -0.1) is 0 Å². The SMILES string of the molecule is NC1CCN(c2cc3c(cc2F)c(=O)c(C(=O)O)cn3-c2ccncc2F)C1. The molecule has 1 saturated heterocycles. The average molecular weight is 386 g/mol. The Morgan fingerprint density at radius 1 is 1.25 bits per heavy atom. The highest BCUT2D eigenvalue weighted by Gasteiger charge is 2.24. The predicted octanol–water partition coefficient (Wildman–Crippen LogP) is 1.90. The number of fused-ring (bicyclic) bond motifs is 1. The zero-order valence-corrected chi connectivity index (χ0v) is 14.6. The Labute approximate surface area is 157 Å². The van der Waals surface area contributed by atoms with E-state index in [0.29, 0.717) is 19.5 Å². The van der Waals surface area contributed by atoms with Crippen LogP contribution in [0.2, 0.25) is 0 Å². The summed E-state index contributed by atoms with van der Waals surface area (Å²) < 4.78 is 30.4. The van der Waals surface area contributed by atoms with E-state index in [1.165, 1.54) is 22.9 Å². The minimum absolute atomic E-state index is 0.00168. The molecule has 2 aromatic heterocycles. The van der Waals surface area contributed by atoms with Gasteiger partial charge in [-0.05, 0) is 24.6 Å². The second-order valence-corrected chi connectivity index (χ2v) is 6.69. The van der Waals surface area contributed by atoms with Crippen molar-refractivity contribution in [3.05, 3.63) is 64.2 Å². The van der Waals surface area contributed by atoms with Gasteiger partial charge in [-0.25, -0.2) is 13.6 Å². The molecule has 1 aromatic carbocycles. The summed E-state index contributed by atoms with van der Waals surface area (Å²) in [6.45, 7) is 0.994. The Morgan fingerprint density at radius 3 is 2.68 bits per heavy atom. The fourth-order valence-corrected chi connectivity index (χ4v) is 3.50. The van der Waals surface area contributed by atoms with E-state index in [1.54, 1.807) is 4.90 Å². The van der Waals surface area contributed by atoms with E-state index in [0.717, 1.165) is 18.5 Å². The zero-order chi connectivity index (χ0) is 20.0. The van der Waals surface area contributed by atoms with Gasteiger partial charge in [0.2, 0.25) is 5.43 Å². The van der Waals surface area contributed by atoms with Crippen LogP contribution in [0, 0.1) is 11.6 Å². The Bertz CT molecular complexity index is 1160. The van der Waals surface area contributed by atoms with Crippen LogP contribution in [0.4, 0.5) is 14.5 Å². The second kappa shape index (κ2) is 6.68. The smallest absolute Gasteiger partial charge is 0.341 e. The molecule has 0 spiro atoms. The highest BCUT2D eigenvalue weighted by Crippen LogP contribution is 2.29. The number of nitrogens with two attached hydrogens (primary N) is 1. The molecule has 4 rings (SSSR count). The van der Waals surface area contributed by atoms with Crippen LogP contribution in [-0.4, -0.2) is 39.8 Å². The van der Waals surface area contributed by atoms with Gasteiger partial charge in [0.05, 0.1) is 23.1 Å². The highest BCUT2D eigenvalue weighted by atomic mass is 19.1. The largest absolute Gasteiger partial charge is 0.477 e. The number of hydrogen-bond donors (Lipinski definition) is 2. The number of rotatable bonds is 3. The van der Waals surface area contributed by atoms with Crippen LogP contribution >= 0.6 is 0 Å². The zero-order valence-electron chi connectivity index (χ0n) is 14.6. The van der Waals surface area contributed by atoms with Crippen LogP contribution < -0.4 is 16.1 Å². The summed E-state index contributed by atoms with van der Waals surface area (Å²) in [6, 6.07) is 3.68. The van der Waals surface area contributed by atoms with Crippen molar-refractivity contribution in [2.24, 2.45) is 5.73 Å². The molecule has 3 aromatic rings. The molecule has 1 aliphatic heterocycles. The lowest BCUT2D eigenvalue weighted by molar-refractivity contribution is 0.0695. The van der Waals surface area contributed by atoms with Crippen LogP contribution in [0.15, 0.2) is 41.6 Å². The van der Waals surface area contributed by atoms with Crippen molar-refractivity contribution < 1.29 is 18.7 Å². The lowest BCUT2D eigenvalue weighted by Crippen LogP contribution is -2.27. The number of nitrogens with zero attached hydrogens (tertiary/aromatic N) is 3. The Kier molecular flexibility index (Phi) is 4.31. The Hall–Kier alpha value is -3.33. The number of carbonyl (C=O) groups is 1. The third-order valence-corrected chi connectivity index (χ3v) is 4.88. The van der Waals surface area contributed by atoms with Crippen molar-refractivity contribution in [1.82, 2.24) is 9.55 Å². The summed E-state index contributed by atoms with van der Waals surface area (Å²) in [4.78, 5) is 29.5. The molecule has 0 saturated carbocycles.